The number of halogens is 1. The largest absolute Gasteiger partial charge is 0.444 e. The Labute approximate surface area is 169 Å². The van der Waals surface area contributed by atoms with E-state index >= 15 is 0 Å². The Kier molecular flexibility index (Phi) is 6.71. The van der Waals surface area contributed by atoms with Crippen molar-refractivity contribution >= 4 is 27.5 Å². The number of hydrogen-bond acceptors (Lipinski definition) is 7. The molecule has 154 valence electrons. The van der Waals surface area contributed by atoms with Crippen LogP contribution in [0.4, 0.5) is 4.79 Å². The average molecular weight is 430 g/mol. The van der Waals surface area contributed by atoms with Gasteiger partial charge in [-0.3, -0.25) is 0 Å². The van der Waals surface area contributed by atoms with Crippen LogP contribution in [0.25, 0.3) is 0 Å². The van der Waals surface area contributed by atoms with Crippen LogP contribution in [0.3, 0.4) is 0 Å². The van der Waals surface area contributed by atoms with Crippen molar-refractivity contribution in [3.8, 4) is 0 Å². The van der Waals surface area contributed by atoms with E-state index in [1.807, 2.05) is 13.8 Å². The normalized spacial score (nSPS) is 13.4. The van der Waals surface area contributed by atoms with Gasteiger partial charge in [0.15, 0.2) is 0 Å². The van der Waals surface area contributed by atoms with Crippen LogP contribution in [0.2, 0.25) is 5.02 Å². The highest BCUT2D eigenvalue weighted by atomic mass is 35.5. The molecule has 1 aromatic carbocycles. The summed E-state index contributed by atoms with van der Waals surface area (Å²) < 4.78 is 35.8. The Morgan fingerprint density at radius 1 is 1.29 bits per heavy atom. The van der Waals surface area contributed by atoms with Gasteiger partial charge in [-0.05, 0) is 44.4 Å². The number of carbonyl (C=O) groups is 1. The van der Waals surface area contributed by atoms with Crippen LogP contribution in [0.1, 0.15) is 52.1 Å². The first kappa shape index (κ1) is 22.2. The van der Waals surface area contributed by atoms with Gasteiger partial charge in [0.25, 0.3) is 0 Å². The third-order valence-corrected chi connectivity index (χ3v) is 5.18. The Hall–Kier alpha value is -2.13. The van der Waals surface area contributed by atoms with Crippen LogP contribution >= 0.6 is 11.6 Å². The van der Waals surface area contributed by atoms with Gasteiger partial charge in [0.05, 0.1) is 5.75 Å². The molecule has 0 spiro atoms. The average Bonchev–Trinajstić information content (AvgIpc) is 3.00. The summed E-state index contributed by atoms with van der Waals surface area (Å²) in [5.74, 6) is -0.483. The van der Waals surface area contributed by atoms with E-state index in [1.54, 1.807) is 45.0 Å². The lowest BCUT2D eigenvalue weighted by Gasteiger charge is -2.23. The molecule has 0 saturated carbocycles. The number of nitrogens with zero attached hydrogens (tertiary/aromatic N) is 2. The minimum atomic E-state index is -3.87. The van der Waals surface area contributed by atoms with Crippen molar-refractivity contribution in [3.05, 3.63) is 40.7 Å². The molecular formula is C18H24ClN3O5S. The second-order valence-corrected chi connectivity index (χ2v) is 9.97. The molecule has 0 aliphatic rings. The number of carbonyl (C=O) groups excluding carboxylic acids is 1. The van der Waals surface area contributed by atoms with Gasteiger partial charge in [0, 0.05) is 5.02 Å². The first-order valence-electron chi connectivity index (χ1n) is 8.67. The molecule has 1 atom stereocenters. The summed E-state index contributed by atoms with van der Waals surface area (Å²) in [6, 6.07) is 5.81. The molecule has 0 bridgehead atoms. The first-order valence-corrected chi connectivity index (χ1v) is 10.7. The van der Waals surface area contributed by atoms with Gasteiger partial charge in [0.2, 0.25) is 15.7 Å². The van der Waals surface area contributed by atoms with E-state index < -0.39 is 32.8 Å². The summed E-state index contributed by atoms with van der Waals surface area (Å²) in [5, 5.41) is 10.0. The van der Waals surface area contributed by atoms with Crippen molar-refractivity contribution in [2.45, 2.75) is 57.2 Å². The summed E-state index contributed by atoms with van der Waals surface area (Å²) in [4.78, 5) is 12.1. The fourth-order valence-electron chi connectivity index (χ4n) is 2.33. The molecule has 0 saturated heterocycles. The number of aromatic nitrogens is 2. The van der Waals surface area contributed by atoms with Gasteiger partial charge in [-0.2, -0.15) is 0 Å². The minimum Gasteiger partial charge on any atom is -0.444 e. The summed E-state index contributed by atoms with van der Waals surface area (Å²) in [7, 11) is -3.87. The van der Waals surface area contributed by atoms with Crippen LogP contribution in [-0.4, -0.2) is 30.3 Å². The molecule has 10 heteroatoms. The van der Waals surface area contributed by atoms with Crippen LogP contribution in [0.5, 0.6) is 0 Å². The molecule has 0 aliphatic carbocycles. The molecule has 8 nitrogen and oxygen atoms in total. The fourth-order valence-corrected chi connectivity index (χ4v) is 3.66. The lowest BCUT2D eigenvalue weighted by atomic mass is 10.1. The number of benzene rings is 1. The molecule has 2 rings (SSSR count). The van der Waals surface area contributed by atoms with Crippen molar-refractivity contribution < 1.29 is 22.4 Å². The molecule has 0 aliphatic heterocycles. The predicted molar refractivity (Wildman–Crippen MR) is 104 cm³/mol. The Morgan fingerprint density at radius 2 is 1.96 bits per heavy atom. The van der Waals surface area contributed by atoms with Crippen molar-refractivity contribution in [3.63, 3.8) is 0 Å². The number of sulfone groups is 1. The molecule has 1 amide bonds. The smallest absolute Gasteiger partial charge is 0.408 e. The summed E-state index contributed by atoms with van der Waals surface area (Å²) in [6.45, 7) is 8.87. The van der Waals surface area contributed by atoms with Gasteiger partial charge >= 0.3 is 11.3 Å². The predicted octanol–water partition coefficient (Wildman–Crippen LogP) is 3.92. The number of ether oxygens (including phenoxy) is 1. The summed E-state index contributed by atoms with van der Waals surface area (Å²) in [5.41, 5.74) is -0.175. The zero-order valence-corrected chi connectivity index (χ0v) is 18.0. The zero-order chi connectivity index (χ0) is 21.1. The Morgan fingerprint density at radius 3 is 2.54 bits per heavy atom. The lowest BCUT2D eigenvalue weighted by molar-refractivity contribution is 0.0477. The highest BCUT2D eigenvalue weighted by Gasteiger charge is 2.30. The summed E-state index contributed by atoms with van der Waals surface area (Å²) >= 11 is 5.90. The molecule has 1 N–H and O–H groups in total. The van der Waals surface area contributed by atoms with Crippen LogP contribution in [0.15, 0.2) is 33.9 Å². The van der Waals surface area contributed by atoms with Crippen LogP contribution < -0.4 is 5.32 Å². The maximum Gasteiger partial charge on any atom is 0.408 e. The third kappa shape index (κ3) is 6.20. The van der Waals surface area contributed by atoms with Crippen LogP contribution in [0, 0.1) is 5.92 Å². The Bertz CT molecular complexity index is 935. The number of alkyl carbamates (subject to hydrolysis) is 1. The number of nitrogens with one attached hydrogen (secondary N) is 1. The van der Waals surface area contributed by atoms with E-state index in [9.17, 15) is 13.2 Å². The van der Waals surface area contributed by atoms with Gasteiger partial charge in [-0.1, -0.05) is 42.7 Å². The molecule has 0 unspecified atom stereocenters. The quantitative estimate of drug-likeness (QED) is 0.740. The van der Waals surface area contributed by atoms with Gasteiger partial charge < -0.3 is 14.5 Å². The monoisotopic (exact) mass is 429 g/mol. The van der Waals surface area contributed by atoms with Gasteiger partial charge in [-0.15, -0.1) is 5.10 Å². The molecule has 1 aromatic heterocycles. The first-order chi connectivity index (χ1) is 12.9. The maximum atomic E-state index is 12.6. The van der Waals surface area contributed by atoms with E-state index in [-0.39, 0.29) is 17.6 Å². The number of rotatable bonds is 6. The second kappa shape index (κ2) is 8.48. The van der Waals surface area contributed by atoms with E-state index in [0.29, 0.717) is 10.6 Å². The Balaban J connectivity index is 2.20. The number of amides is 1. The summed E-state index contributed by atoms with van der Waals surface area (Å²) in [6.07, 6.45) is -0.660. The molecule has 28 heavy (non-hydrogen) atoms. The van der Waals surface area contributed by atoms with Gasteiger partial charge in [-0.25, -0.2) is 13.2 Å². The highest BCUT2D eigenvalue weighted by Crippen LogP contribution is 2.24. The van der Waals surface area contributed by atoms with Crippen molar-refractivity contribution in [1.29, 1.82) is 0 Å². The second-order valence-electron chi connectivity index (χ2n) is 7.66. The third-order valence-electron chi connectivity index (χ3n) is 3.54. The van der Waals surface area contributed by atoms with Crippen molar-refractivity contribution in [2.75, 3.05) is 0 Å². The molecule has 2 aromatic rings. The highest BCUT2D eigenvalue weighted by molar-refractivity contribution is 7.90. The van der Waals surface area contributed by atoms with Crippen molar-refractivity contribution in [2.24, 2.45) is 5.92 Å². The topological polar surface area (TPSA) is 111 Å². The maximum absolute atomic E-state index is 12.6. The zero-order valence-electron chi connectivity index (χ0n) is 16.4. The number of hydrogen-bond donors (Lipinski definition) is 1. The van der Waals surface area contributed by atoms with E-state index in [2.05, 4.69) is 15.5 Å². The van der Waals surface area contributed by atoms with E-state index in [4.69, 9.17) is 20.8 Å². The SMILES string of the molecule is CC(C)[C@@H](NC(=O)OC(C)(C)C)c1nnc(S(=O)(=O)Cc2cccc(Cl)c2)o1. The van der Waals surface area contributed by atoms with Crippen LogP contribution in [-0.2, 0) is 20.3 Å². The van der Waals surface area contributed by atoms with Crippen molar-refractivity contribution in [1.82, 2.24) is 15.5 Å². The molecule has 0 fully saturated rings. The minimum absolute atomic E-state index is 0.00877. The van der Waals surface area contributed by atoms with E-state index in [1.165, 1.54) is 0 Å². The van der Waals surface area contributed by atoms with Gasteiger partial charge in [0.1, 0.15) is 11.6 Å². The lowest BCUT2D eigenvalue weighted by Crippen LogP contribution is -2.37. The molecule has 0 radical (unpaired) electrons. The standard InChI is InChI=1S/C18H24ClN3O5S/c1-11(2)14(20-16(23)27-18(3,4)5)15-21-22-17(26-15)28(24,25)10-12-7-6-8-13(19)9-12/h6-9,11,14H,10H2,1-5H3,(H,20,23)/t14-/m1/s1. The van der Waals surface area contributed by atoms with E-state index in [0.717, 1.165) is 0 Å². The molecule has 1 heterocycles. The molecular weight excluding hydrogens is 406 g/mol. The fraction of sp³-hybridized carbons (Fsp3) is 0.500.